The fourth-order valence-corrected chi connectivity index (χ4v) is 1.35. The van der Waals surface area contributed by atoms with Gasteiger partial charge < -0.3 is 0 Å². The van der Waals surface area contributed by atoms with Crippen molar-refractivity contribution in [3.05, 3.63) is 34.6 Å². The van der Waals surface area contributed by atoms with E-state index in [9.17, 15) is 4.39 Å². The summed E-state index contributed by atoms with van der Waals surface area (Å²) in [5, 5.41) is 12.0. The highest BCUT2D eigenvalue weighted by atomic mass is 35.5. The molecule has 0 aromatic heterocycles. The van der Waals surface area contributed by atoms with E-state index in [0.717, 1.165) is 0 Å². The molecule has 0 saturated heterocycles. The Kier molecular flexibility index (Phi) is 4.07. The lowest BCUT2D eigenvalue weighted by molar-refractivity contribution is 0.542. The Hall–Kier alpha value is -1.11. The van der Waals surface area contributed by atoms with Gasteiger partial charge in [0.25, 0.3) is 0 Å². The van der Waals surface area contributed by atoms with Gasteiger partial charge in [0.15, 0.2) is 0 Å². The Morgan fingerprint density at radius 2 is 2.13 bits per heavy atom. The van der Waals surface area contributed by atoms with Gasteiger partial charge in [-0.05, 0) is 31.5 Å². The fourth-order valence-electron chi connectivity index (χ4n) is 1.23. The maximum atomic E-state index is 13.1. The molecule has 2 nitrogen and oxygen atoms in total. The second-order valence-electron chi connectivity index (χ2n) is 3.56. The maximum Gasteiger partial charge on any atom is 0.142 e. The molecule has 4 heteroatoms. The van der Waals surface area contributed by atoms with Gasteiger partial charge in [0.2, 0.25) is 0 Å². The average Bonchev–Trinajstić information content (AvgIpc) is 2.18. The molecule has 1 rings (SSSR count). The quantitative estimate of drug-likeness (QED) is 0.860. The van der Waals surface area contributed by atoms with E-state index in [0.29, 0.717) is 5.56 Å². The molecule has 0 heterocycles. The van der Waals surface area contributed by atoms with E-state index in [-0.39, 0.29) is 11.1 Å². The number of nitriles is 1. The van der Waals surface area contributed by atoms with Crippen molar-refractivity contribution in [2.45, 2.75) is 25.9 Å². The van der Waals surface area contributed by atoms with Crippen LogP contribution in [0.4, 0.5) is 4.39 Å². The van der Waals surface area contributed by atoms with Crippen LogP contribution in [0.3, 0.4) is 0 Å². The van der Waals surface area contributed by atoms with Gasteiger partial charge in [-0.25, -0.2) is 4.39 Å². The van der Waals surface area contributed by atoms with Crippen molar-refractivity contribution in [2.75, 3.05) is 0 Å². The third kappa shape index (κ3) is 3.19. The smallest absolute Gasteiger partial charge is 0.142 e. The van der Waals surface area contributed by atoms with Crippen LogP contribution in [0.5, 0.6) is 0 Å². The van der Waals surface area contributed by atoms with Gasteiger partial charge in [-0.15, -0.1) is 0 Å². The third-order valence-corrected chi connectivity index (χ3v) is 2.21. The minimum atomic E-state index is -0.503. The molecule has 0 radical (unpaired) electrons. The number of halogens is 2. The molecular formula is C11H12ClFN2. The van der Waals surface area contributed by atoms with Gasteiger partial charge in [-0.2, -0.15) is 5.26 Å². The summed E-state index contributed by atoms with van der Waals surface area (Å²) in [6, 6.07) is 6.12. The number of benzene rings is 1. The number of nitrogens with zero attached hydrogens (tertiary/aromatic N) is 1. The van der Waals surface area contributed by atoms with Crippen LogP contribution < -0.4 is 5.32 Å². The molecule has 0 aliphatic heterocycles. The van der Waals surface area contributed by atoms with E-state index in [1.165, 1.54) is 12.1 Å². The first-order chi connectivity index (χ1) is 7.04. The molecule has 80 valence electrons. The first-order valence-electron chi connectivity index (χ1n) is 4.65. The van der Waals surface area contributed by atoms with Crippen molar-refractivity contribution in [3.8, 4) is 6.07 Å². The first-order valence-corrected chi connectivity index (χ1v) is 5.03. The van der Waals surface area contributed by atoms with Gasteiger partial charge in [-0.3, -0.25) is 5.32 Å². The van der Waals surface area contributed by atoms with E-state index in [1.807, 2.05) is 13.8 Å². The monoisotopic (exact) mass is 226 g/mol. The largest absolute Gasteiger partial charge is 0.296 e. The molecule has 0 aliphatic carbocycles. The normalized spacial score (nSPS) is 12.5. The summed E-state index contributed by atoms with van der Waals surface area (Å²) >= 11 is 5.56. The van der Waals surface area contributed by atoms with Crippen molar-refractivity contribution in [2.24, 2.45) is 0 Å². The lowest BCUT2D eigenvalue weighted by Gasteiger charge is -2.14. The maximum absolute atomic E-state index is 13.1. The van der Waals surface area contributed by atoms with Crippen LogP contribution in [0.25, 0.3) is 0 Å². The minimum Gasteiger partial charge on any atom is -0.296 e. The third-order valence-electron chi connectivity index (χ3n) is 1.91. The highest BCUT2D eigenvalue weighted by molar-refractivity contribution is 6.30. The van der Waals surface area contributed by atoms with Crippen LogP contribution >= 0.6 is 11.6 Å². The summed E-state index contributed by atoms with van der Waals surface area (Å²) in [5.74, 6) is -0.500. The topological polar surface area (TPSA) is 35.8 Å². The molecule has 1 unspecified atom stereocenters. The van der Waals surface area contributed by atoms with E-state index in [4.69, 9.17) is 16.9 Å². The summed E-state index contributed by atoms with van der Waals surface area (Å²) in [7, 11) is 0. The van der Waals surface area contributed by atoms with Gasteiger partial charge in [0.05, 0.1) is 11.1 Å². The van der Waals surface area contributed by atoms with Crippen molar-refractivity contribution in [3.63, 3.8) is 0 Å². The van der Waals surface area contributed by atoms with Gasteiger partial charge in [-0.1, -0.05) is 17.7 Å². The van der Waals surface area contributed by atoms with Crippen molar-refractivity contribution < 1.29 is 4.39 Å². The number of hydrogen-bond acceptors (Lipinski definition) is 2. The van der Waals surface area contributed by atoms with Crippen LogP contribution in [0.2, 0.25) is 5.02 Å². The molecule has 1 N–H and O–H groups in total. The lowest BCUT2D eigenvalue weighted by Crippen LogP contribution is -2.27. The van der Waals surface area contributed by atoms with Gasteiger partial charge in [0.1, 0.15) is 11.9 Å². The fraction of sp³-hybridized carbons (Fsp3) is 0.364. The molecule has 0 fully saturated rings. The van der Waals surface area contributed by atoms with Gasteiger partial charge in [0, 0.05) is 6.04 Å². The summed E-state index contributed by atoms with van der Waals surface area (Å²) in [6.45, 7) is 3.85. The molecule has 0 aliphatic rings. The number of rotatable bonds is 3. The zero-order chi connectivity index (χ0) is 11.4. The first kappa shape index (κ1) is 12.0. The molecular weight excluding hydrogens is 215 g/mol. The van der Waals surface area contributed by atoms with E-state index in [2.05, 4.69) is 11.4 Å². The zero-order valence-electron chi connectivity index (χ0n) is 8.59. The Balaban J connectivity index is 2.94. The molecule has 0 spiro atoms. The van der Waals surface area contributed by atoms with Crippen LogP contribution in [0, 0.1) is 17.1 Å². The van der Waals surface area contributed by atoms with Crippen LogP contribution in [-0.2, 0) is 0 Å². The predicted octanol–water partition coefficient (Wildman–Crippen LogP) is 3.04. The second kappa shape index (κ2) is 5.11. The molecule has 0 amide bonds. The Bertz CT molecular complexity index is 385. The second-order valence-corrected chi connectivity index (χ2v) is 3.96. The number of hydrogen-bond donors (Lipinski definition) is 1. The number of nitrogens with one attached hydrogen (secondary N) is 1. The Labute approximate surface area is 93.7 Å². The Morgan fingerprint density at radius 1 is 1.47 bits per heavy atom. The van der Waals surface area contributed by atoms with Crippen molar-refractivity contribution in [1.29, 1.82) is 5.26 Å². The van der Waals surface area contributed by atoms with Crippen molar-refractivity contribution in [1.82, 2.24) is 5.32 Å². The SMILES string of the molecule is CC(C)NC(C#N)c1ccc(Cl)c(F)c1. The lowest BCUT2D eigenvalue weighted by atomic mass is 10.1. The molecule has 0 bridgehead atoms. The minimum absolute atomic E-state index is 0.0694. The van der Waals surface area contributed by atoms with Crippen LogP contribution in [0.15, 0.2) is 18.2 Å². The standard InChI is InChI=1S/C11H12ClFN2/c1-7(2)15-11(6-14)8-3-4-9(12)10(13)5-8/h3-5,7,11,15H,1-2H3. The molecule has 1 aromatic rings. The Morgan fingerprint density at radius 3 is 2.60 bits per heavy atom. The van der Waals surface area contributed by atoms with E-state index in [1.54, 1.807) is 6.07 Å². The van der Waals surface area contributed by atoms with Crippen LogP contribution in [0.1, 0.15) is 25.5 Å². The van der Waals surface area contributed by atoms with E-state index < -0.39 is 11.9 Å². The summed E-state index contributed by atoms with van der Waals surface area (Å²) in [4.78, 5) is 0. The molecule has 15 heavy (non-hydrogen) atoms. The van der Waals surface area contributed by atoms with Gasteiger partial charge >= 0.3 is 0 Å². The highest BCUT2D eigenvalue weighted by Gasteiger charge is 2.12. The summed E-state index contributed by atoms with van der Waals surface area (Å²) in [5.41, 5.74) is 0.591. The zero-order valence-corrected chi connectivity index (χ0v) is 9.35. The van der Waals surface area contributed by atoms with Crippen LogP contribution in [-0.4, -0.2) is 6.04 Å². The summed E-state index contributed by atoms with van der Waals surface area (Å²) in [6.07, 6.45) is 0. The highest BCUT2D eigenvalue weighted by Crippen LogP contribution is 2.20. The van der Waals surface area contributed by atoms with E-state index >= 15 is 0 Å². The molecule has 0 saturated carbocycles. The predicted molar refractivity (Wildman–Crippen MR) is 58.0 cm³/mol. The molecule has 1 aromatic carbocycles. The average molecular weight is 227 g/mol. The summed E-state index contributed by atoms with van der Waals surface area (Å²) < 4.78 is 13.1. The molecule has 1 atom stereocenters. The van der Waals surface area contributed by atoms with Crippen molar-refractivity contribution >= 4 is 11.6 Å².